The summed E-state index contributed by atoms with van der Waals surface area (Å²) in [7, 11) is 0. The molecule has 0 aliphatic carbocycles. The van der Waals surface area contributed by atoms with E-state index in [9.17, 15) is 19.3 Å². The number of nitro groups is 1. The molecule has 1 amide bonds. The van der Waals surface area contributed by atoms with Gasteiger partial charge in [0.15, 0.2) is 0 Å². The summed E-state index contributed by atoms with van der Waals surface area (Å²) in [5, 5.41) is 10.7. The summed E-state index contributed by atoms with van der Waals surface area (Å²) in [5.41, 5.74) is -0.500. The lowest BCUT2D eigenvalue weighted by atomic mass is 10.1. The number of nitro benzene ring substituents is 1. The maximum Gasteiger partial charge on any atom is 0.270 e. The Morgan fingerprint density at radius 2 is 2.21 bits per heavy atom. The number of carbonyl (C=O) groups excluding carboxylic acids is 1. The van der Waals surface area contributed by atoms with Crippen molar-refractivity contribution < 1.29 is 14.1 Å². The van der Waals surface area contributed by atoms with Gasteiger partial charge in [-0.15, -0.1) is 6.58 Å². The minimum Gasteiger partial charge on any atom is -0.335 e. The largest absolute Gasteiger partial charge is 0.335 e. The van der Waals surface area contributed by atoms with Crippen LogP contribution in [-0.2, 0) is 0 Å². The van der Waals surface area contributed by atoms with E-state index in [0.29, 0.717) is 6.54 Å². The standard InChI is InChI=1S/C13H15FN2O3/c1-4-6-15(5-2)13(17)11-8-10(16(18)19)7-9(3)12(11)14/h4,7-8H,1,5-6H2,2-3H3. The molecule has 0 saturated carbocycles. The minimum absolute atomic E-state index is 0.0761. The number of aryl methyl sites for hydroxylation is 1. The Balaban J connectivity index is 3.28. The number of non-ortho nitro benzene ring substituents is 1. The molecule has 0 radical (unpaired) electrons. The van der Waals surface area contributed by atoms with Crippen LogP contribution < -0.4 is 0 Å². The van der Waals surface area contributed by atoms with Crippen molar-refractivity contribution in [1.82, 2.24) is 4.90 Å². The zero-order valence-electron chi connectivity index (χ0n) is 10.9. The van der Waals surface area contributed by atoms with E-state index in [0.717, 1.165) is 12.1 Å². The number of likely N-dealkylation sites (N-methyl/N-ethyl adjacent to an activating group) is 1. The summed E-state index contributed by atoms with van der Waals surface area (Å²) in [6.45, 7) is 7.27. The molecule has 0 aliphatic rings. The third kappa shape index (κ3) is 3.15. The van der Waals surface area contributed by atoms with Crippen LogP contribution in [0.5, 0.6) is 0 Å². The number of carbonyl (C=O) groups is 1. The molecule has 0 aromatic heterocycles. The molecule has 0 N–H and O–H groups in total. The summed E-state index contributed by atoms with van der Waals surface area (Å²) in [6, 6.07) is 2.08. The molecule has 0 saturated heterocycles. The van der Waals surface area contributed by atoms with Gasteiger partial charge in [0.05, 0.1) is 10.5 Å². The first-order valence-electron chi connectivity index (χ1n) is 5.77. The predicted molar refractivity (Wildman–Crippen MR) is 69.6 cm³/mol. The Kier molecular flexibility index (Phi) is 4.74. The van der Waals surface area contributed by atoms with Gasteiger partial charge < -0.3 is 4.90 Å². The van der Waals surface area contributed by atoms with Crippen molar-refractivity contribution in [2.75, 3.05) is 13.1 Å². The van der Waals surface area contributed by atoms with Gasteiger partial charge >= 0.3 is 0 Å². The van der Waals surface area contributed by atoms with Gasteiger partial charge in [-0.25, -0.2) is 4.39 Å². The maximum absolute atomic E-state index is 13.9. The van der Waals surface area contributed by atoms with Crippen LogP contribution in [0.3, 0.4) is 0 Å². The summed E-state index contributed by atoms with van der Waals surface area (Å²) in [6.07, 6.45) is 1.52. The lowest BCUT2D eigenvalue weighted by Gasteiger charge is -2.19. The molecule has 102 valence electrons. The summed E-state index contributed by atoms with van der Waals surface area (Å²) in [5.74, 6) is -1.30. The van der Waals surface area contributed by atoms with E-state index in [4.69, 9.17) is 0 Å². The van der Waals surface area contributed by atoms with E-state index in [2.05, 4.69) is 6.58 Å². The van der Waals surface area contributed by atoms with Crippen molar-refractivity contribution in [2.24, 2.45) is 0 Å². The van der Waals surface area contributed by atoms with Gasteiger partial charge in [-0.05, 0) is 19.4 Å². The second kappa shape index (κ2) is 6.08. The third-order valence-corrected chi connectivity index (χ3v) is 2.70. The molecule has 1 aromatic rings. The van der Waals surface area contributed by atoms with E-state index < -0.39 is 16.6 Å². The molecule has 19 heavy (non-hydrogen) atoms. The predicted octanol–water partition coefficient (Wildman–Crippen LogP) is 2.69. The average molecular weight is 266 g/mol. The lowest BCUT2D eigenvalue weighted by molar-refractivity contribution is -0.385. The lowest BCUT2D eigenvalue weighted by Crippen LogP contribution is -2.31. The van der Waals surface area contributed by atoms with Crippen LogP contribution in [0.2, 0.25) is 0 Å². The van der Waals surface area contributed by atoms with Crippen molar-refractivity contribution in [3.8, 4) is 0 Å². The summed E-state index contributed by atoms with van der Waals surface area (Å²) >= 11 is 0. The van der Waals surface area contributed by atoms with Gasteiger partial charge in [-0.2, -0.15) is 0 Å². The molecule has 0 fully saturated rings. The van der Waals surface area contributed by atoms with Crippen LogP contribution in [0.4, 0.5) is 10.1 Å². The summed E-state index contributed by atoms with van der Waals surface area (Å²) < 4.78 is 13.9. The Labute approximate surface area is 110 Å². The highest BCUT2D eigenvalue weighted by Gasteiger charge is 2.22. The number of benzene rings is 1. The van der Waals surface area contributed by atoms with E-state index in [1.54, 1.807) is 6.92 Å². The molecule has 1 aromatic carbocycles. The molecule has 1 rings (SSSR count). The fourth-order valence-corrected chi connectivity index (χ4v) is 1.69. The highest BCUT2D eigenvalue weighted by atomic mass is 19.1. The Hall–Kier alpha value is -2.24. The summed E-state index contributed by atoms with van der Waals surface area (Å²) in [4.78, 5) is 23.6. The van der Waals surface area contributed by atoms with Crippen molar-refractivity contribution in [2.45, 2.75) is 13.8 Å². The number of halogens is 1. The van der Waals surface area contributed by atoms with Gasteiger partial charge in [-0.1, -0.05) is 6.08 Å². The van der Waals surface area contributed by atoms with Gasteiger partial charge in [0.1, 0.15) is 5.82 Å². The quantitative estimate of drug-likeness (QED) is 0.467. The van der Waals surface area contributed by atoms with Crippen LogP contribution in [0.15, 0.2) is 24.8 Å². The molecule has 0 spiro atoms. The molecular weight excluding hydrogens is 251 g/mol. The average Bonchev–Trinajstić information content (AvgIpc) is 2.37. The molecule has 5 nitrogen and oxygen atoms in total. The van der Waals surface area contributed by atoms with Crippen LogP contribution >= 0.6 is 0 Å². The van der Waals surface area contributed by atoms with E-state index in [-0.39, 0.29) is 23.4 Å². The normalized spacial score (nSPS) is 10.1. The van der Waals surface area contributed by atoms with Gasteiger partial charge in [0, 0.05) is 25.2 Å². The second-order valence-corrected chi connectivity index (χ2v) is 4.01. The van der Waals surface area contributed by atoms with Crippen molar-refractivity contribution in [3.05, 3.63) is 51.8 Å². The first-order chi connectivity index (χ1) is 8.92. The number of amides is 1. The zero-order chi connectivity index (χ0) is 14.6. The molecule has 0 heterocycles. The number of hydrogen-bond acceptors (Lipinski definition) is 3. The highest BCUT2D eigenvalue weighted by Crippen LogP contribution is 2.22. The monoisotopic (exact) mass is 266 g/mol. The van der Waals surface area contributed by atoms with Crippen LogP contribution in [-0.4, -0.2) is 28.8 Å². The molecule has 0 atom stereocenters. The Morgan fingerprint density at radius 1 is 1.58 bits per heavy atom. The first-order valence-corrected chi connectivity index (χ1v) is 5.77. The van der Waals surface area contributed by atoms with Crippen LogP contribution in [0.1, 0.15) is 22.8 Å². The molecule has 0 bridgehead atoms. The Morgan fingerprint density at radius 3 is 2.68 bits per heavy atom. The van der Waals surface area contributed by atoms with Gasteiger partial charge in [0.25, 0.3) is 11.6 Å². The SMILES string of the molecule is C=CCN(CC)C(=O)c1cc([N+](=O)[O-])cc(C)c1F. The van der Waals surface area contributed by atoms with Crippen LogP contribution in [0.25, 0.3) is 0 Å². The van der Waals surface area contributed by atoms with Gasteiger partial charge in [-0.3, -0.25) is 14.9 Å². The van der Waals surface area contributed by atoms with Crippen molar-refractivity contribution in [1.29, 1.82) is 0 Å². The molecule has 0 aliphatic heterocycles. The molecule has 6 heteroatoms. The van der Waals surface area contributed by atoms with E-state index in [1.165, 1.54) is 17.9 Å². The minimum atomic E-state index is -0.724. The highest BCUT2D eigenvalue weighted by molar-refractivity contribution is 5.95. The first kappa shape index (κ1) is 14.8. The number of nitrogens with zero attached hydrogens (tertiary/aromatic N) is 2. The third-order valence-electron chi connectivity index (χ3n) is 2.70. The second-order valence-electron chi connectivity index (χ2n) is 4.01. The van der Waals surface area contributed by atoms with Gasteiger partial charge in [0.2, 0.25) is 0 Å². The van der Waals surface area contributed by atoms with Crippen molar-refractivity contribution >= 4 is 11.6 Å². The zero-order valence-corrected chi connectivity index (χ0v) is 10.9. The smallest absolute Gasteiger partial charge is 0.270 e. The van der Waals surface area contributed by atoms with E-state index in [1.807, 2.05) is 0 Å². The van der Waals surface area contributed by atoms with E-state index >= 15 is 0 Å². The fourth-order valence-electron chi connectivity index (χ4n) is 1.69. The van der Waals surface area contributed by atoms with Crippen molar-refractivity contribution in [3.63, 3.8) is 0 Å². The topological polar surface area (TPSA) is 63.5 Å². The molecule has 0 unspecified atom stereocenters. The number of rotatable bonds is 5. The fraction of sp³-hybridized carbons (Fsp3) is 0.308. The molecular formula is C13H15FN2O3. The maximum atomic E-state index is 13.9. The van der Waals surface area contributed by atoms with Crippen LogP contribution in [0, 0.1) is 22.9 Å². The number of hydrogen-bond donors (Lipinski definition) is 0. The Bertz CT molecular complexity index is 529.